The van der Waals surface area contributed by atoms with Crippen LogP contribution < -0.4 is 5.32 Å². The number of hydrogen-bond acceptors (Lipinski definition) is 4. The van der Waals surface area contributed by atoms with Crippen LogP contribution in [0.3, 0.4) is 0 Å². The fourth-order valence-corrected chi connectivity index (χ4v) is 1.85. The van der Waals surface area contributed by atoms with Gasteiger partial charge in [0.25, 0.3) is 0 Å². The fourth-order valence-electron chi connectivity index (χ4n) is 1.47. The predicted molar refractivity (Wildman–Crippen MR) is 71.2 cm³/mol. The molecule has 3 nitrogen and oxygen atoms in total. The van der Waals surface area contributed by atoms with Crippen molar-refractivity contribution in [1.82, 2.24) is 0 Å². The van der Waals surface area contributed by atoms with E-state index in [1.807, 2.05) is 54.6 Å². The molecule has 0 saturated carbocycles. The minimum Gasteiger partial charge on any atom is -0.356 e. The number of anilines is 2. The molecule has 0 unspecified atom stereocenters. The number of benzene rings is 2. The third-order valence-electron chi connectivity index (χ3n) is 2.29. The second kappa shape index (κ2) is 8.67. The van der Waals surface area contributed by atoms with Gasteiger partial charge in [0.15, 0.2) is 0 Å². The van der Waals surface area contributed by atoms with Gasteiger partial charge in [-0.3, -0.25) is 0 Å². The smallest absolute Gasteiger partial charge is 0.0480 e. The molecule has 2 aromatic rings. The van der Waals surface area contributed by atoms with Gasteiger partial charge >= 0.3 is 0 Å². The number of hydrogen-bond donors (Lipinski definition) is 2. The van der Waals surface area contributed by atoms with Crippen LogP contribution in [-0.2, 0) is 42.8 Å². The van der Waals surface area contributed by atoms with Crippen LogP contribution in [0, 0.1) is 0 Å². The Morgan fingerprint density at radius 3 is 2.17 bits per heavy atom. The van der Waals surface area contributed by atoms with E-state index in [1.165, 1.54) is 0 Å². The van der Waals surface area contributed by atoms with Crippen molar-refractivity contribution in [1.29, 1.82) is 0 Å². The molecule has 0 atom stereocenters. The van der Waals surface area contributed by atoms with Gasteiger partial charge in [0, 0.05) is 61.9 Å². The quantitative estimate of drug-likeness (QED) is 0.491. The van der Waals surface area contributed by atoms with Crippen LogP contribution in [0.4, 0.5) is 11.4 Å². The largest absolute Gasteiger partial charge is 0.356 e. The maximum atomic E-state index is 8.23. The average molecular weight is 336 g/mol. The average Bonchev–Trinajstić information content (AvgIpc) is 2.39. The van der Waals surface area contributed by atoms with Gasteiger partial charge in [-0.05, 0) is 29.8 Å². The first-order chi connectivity index (χ1) is 8.38. The second-order valence-corrected chi connectivity index (χ2v) is 4.20. The number of para-hydroxylation sites is 1. The summed E-state index contributed by atoms with van der Waals surface area (Å²) in [6.45, 7) is 0. The molecule has 0 aliphatic carbocycles. The minimum atomic E-state index is 0. The van der Waals surface area contributed by atoms with Gasteiger partial charge in [-0.2, -0.15) is 4.33 Å². The van der Waals surface area contributed by atoms with Crippen LogP contribution in [0.5, 0.6) is 0 Å². The van der Waals surface area contributed by atoms with Crippen LogP contribution in [0.25, 0.3) is 0 Å². The van der Waals surface area contributed by atoms with Gasteiger partial charge in [-0.25, -0.2) is 5.26 Å². The molecule has 2 aromatic carbocycles. The third kappa shape index (κ3) is 5.08. The van der Waals surface area contributed by atoms with E-state index in [1.54, 1.807) is 0 Å². The van der Waals surface area contributed by atoms with E-state index in [4.69, 9.17) is 5.26 Å². The fraction of sp³-hybridized carbons (Fsp3) is 0.0769. The van der Waals surface area contributed by atoms with E-state index in [0.717, 1.165) is 29.0 Å². The normalized spacial score (nSPS) is 9.61. The van der Waals surface area contributed by atoms with E-state index < -0.39 is 0 Å². The summed E-state index contributed by atoms with van der Waals surface area (Å²) in [6.07, 6.45) is 0. The Morgan fingerprint density at radius 1 is 0.944 bits per heavy atom. The van der Waals surface area contributed by atoms with Gasteiger partial charge in [0.05, 0.1) is 0 Å². The Morgan fingerprint density at radius 2 is 1.56 bits per heavy atom. The monoisotopic (exact) mass is 336 g/mol. The molecule has 91 valence electrons. The molecule has 18 heavy (non-hydrogen) atoms. The molecule has 1 radical (unpaired) electrons. The van der Waals surface area contributed by atoms with E-state index in [2.05, 4.69) is 9.65 Å². The Bertz CT molecular complexity index is 450. The summed E-state index contributed by atoms with van der Waals surface area (Å²) in [5.74, 6) is 0.627. The summed E-state index contributed by atoms with van der Waals surface area (Å²) in [5.41, 5.74) is 3.20. The maximum Gasteiger partial charge on any atom is 0.0480 e. The molecule has 0 aliphatic heterocycles. The van der Waals surface area contributed by atoms with Crippen LogP contribution in [0.1, 0.15) is 5.56 Å². The summed E-state index contributed by atoms with van der Waals surface area (Å²) in [4.78, 5) is 0. The van der Waals surface area contributed by atoms with E-state index >= 15 is 0 Å². The zero-order valence-electron chi connectivity index (χ0n) is 9.74. The minimum absolute atomic E-state index is 0. The standard InChI is InChI=1S/C13H13NO2S.Y/c15-16-17-10-11-6-8-13(9-7-11)14-12-4-2-1-3-5-12;/h1-9,14-15H,10H2;. The van der Waals surface area contributed by atoms with Crippen LogP contribution in [0.2, 0.25) is 0 Å². The van der Waals surface area contributed by atoms with Crippen LogP contribution >= 0.6 is 12.0 Å². The molecule has 0 saturated heterocycles. The molecule has 0 heterocycles. The first-order valence-electron chi connectivity index (χ1n) is 5.22. The van der Waals surface area contributed by atoms with Crippen molar-refractivity contribution >= 4 is 23.4 Å². The number of nitrogens with one attached hydrogen (secondary N) is 1. The predicted octanol–water partition coefficient (Wildman–Crippen LogP) is 4.07. The number of rotatable bonds is 5. The third-order valence-corrected chi connectivity index (χ3v) is 2.85. The van der Waals surface area contributed by atoms with Gasteiger partial charge < -0.3 is 5.32 Å². The summed E-state index contributed by atoms with van der Waals surface area (Å²) < 4.78 is 3.97. The molecular weight excluding hydrogens is 323 g/mol. The zero-order chi connectivity index (χ0) is 11.9. The molecule has 0 bridgehead atoms. The van der Waals surface area contributed by atoms with Gasteiger partial charge in [0.2, 0.25) is 0 Å². The van der Waals surface area contributed by atoms with Crippen molar-refractivity contribution in [2.45, 2.75) is 5.75 Å². The Labute approximate surface area is 136 Å². The molecule has 0 aliphatic rings. The van der Waals surface area contributed by atoms with Crippen molar-refractivity contribution in [3.05, 3.63) is 60.2 Å². The van der Waals surface area contributed by atoms with Crippen molar-refractivity contribution in [3.8, 4) is 0 Å². The van der Waals surface area contributed by atoms with Gasteiger partial charge in [-0.1, -0.05) is 30.3 Å². The molecular formula is C13H13NO2SY. The molecule has 2 N–H and O–H groups in total. The van der Waals surface area contributed by atoms with Crippen LogP contribution in [-0.4, -0.2) is 5.26 Å². The Balaban J connectivity index is 0.00000162. The van der Waals surface area contributed by atoms with Crippen molar-refractivity contribution < 1.29 is 42.3 Å². The van der Waals surface area contributed by atoms with Crippen molar-refractivity contribution in [3.63, 3.8) is 0 Å². The second-order valence-electron chi connectivity index (χ2n) is 3.52. The topological polar surface area (TPSA) is 41.5 Å². The molecule has 0 amide bonds. The molecule has 0 fully saturated rings. The van der Waals surface area contributed by atoms with E-state index in [0.29, 0.717) is 5.75 Å². The molecule has 2 rings (SSSR count). The summed E-state index contributed by atoms with van der Waals surface area (Å²) in [7, 11) is 0. The summed E-state index contributed by atoms with van der Waals surface area (Å²) >= 11 is 1.01. The Hall–Kier alpha value is -0.386. The van der Waals surface area contributed by atoms with E-state index in [9.17, 15) is 0 Å². The van der Waals surface area contributed by atoms with E-state index in [-0.39, 0.29) is 32.7 Å². The Kier molecular flexibility index (Phi) is 7.55. The van der Waals surface area contributed by atoms with Gasteiger partial charge in [0.1, 0.15) is 0 Å². The summed E-state index contributed by atoms with van der Waals surface area (Å²) in [5, 5.41) is 11.5. The summed E-state index contributed by atoms with van der Waals surface area (Å²) in [6, 6.07) is 18.0. The SMILES string of the molecule is OOSCc1ccc(Nc2ccccc2)cc1.[Y]. The first kappa shape index (κ1) is 15.7. The van der Waals surface area contributed by atoms with Crippen molar-refractivity contribution in [2.75, 3.05) is 5.32 Å². The molecule has 0 spiro atoms. The first-order valence-corrected chi connectivity index (χ1v) is 6.13. The van der Waals surface area contributed by atoms with Crippen molar-refractivity contribution in [2.24, 2.45) is 0 Å². The van der Waals surface area contributed by atoms with Gasteiger partial charge in [-0.15, -0.1) is 0 Å². The molecule has 5 heteroatoms. The maximum absolute atomic E-state index is 8.23. The zero-order valence-corrected chi connectivity index (χ0v) is 13.4. The van der Waals surface area contributed by atoms with Crippen LogP contribution in [0.15, 0.2) is 54.6 Å². The molecule has 0 aromatic heterocycles.